The molecule has 0 fully saturated rings. The Balaban J connectivity index is 1.79. The lowest BCUT2D eigenvalue weighted by Gasteiger charge is -2.11. The zero-order valence-corrected chi connectivity index (χ0v) is 14.2. The first-order valence-corrected chi connectivity index (χ1v) is 7.91. The second-order valence-corrected chi connectivity index (χ2v) is 5.40. The zero-order chi connectivity index (χ0) is 17.6. The summed E-state index contributed by atoms with van der Waals surface area (Å²) < 4.78 is 15.2. The van der Waals surface area contributed by atoms with Crippen LogP contribution in [0, 0.1) is 0 Å². The fourth-order valence-corrected chi connectivity index (χ4v) is 2.42. The van der Waals surface area contributed by atoms with Gasteiger partial charge in [0.25, 0.3) is 0 Å². The molecule has 0 bridgehead atoms. The van der Waals surface area contributed by atoms with Crippen LogP contribution < -0.4 is 10.1 Å². The zero-order valence-electron chi connectivity index (χ0n) is 14.2. The van der Waals surface area contributed by atoms with Gasteiger partial charge >= 0.3 is 5.97 Å². The quantitative estimate of drug-likeness (QED) is 0.801. The third-order valence-electron chi connectivity index (χ3n) is 3.81. The fraction of sp³-hybridized carbons (Fsp3) is 0.353. The Labute approximate surface area is 145 Å². The van der Waals surface area contributed by atoms with E-state index in [2.05, 4.69) is 15.5 Å². The van der Waals surface area contributed by atoms with Crippen molar-refractivity contribution in [1.82, 2.24) is 15.0 Å². The molecule has 1 aromatic heterocycles. The molecule has 0 atom stereocenters. The number of hydrogen-bond donors (Lipinski definition) is 1. The molecule has 1 N–H and O–H groups in total. The third-order valence-corrected chi connectivity index (χ3v) is 3.81. The van der Waals surface area contributed by atoms with Gasteiger partial charge in [0.2, 0.25) is 5.69 Å². The number of rotatable bonds is 6. The van der Waals surface area contributed by atoms with Gasteiger partial charge in [0.1, 0.15) is 5.75 Å². The van der Waals surface area contributed by atoms with Crippen molar-refractivity contribution in [3.8, 4) is 5.75 Å². The predicted molar refractivity (Wildman–Crippen MR) is 91.4 cm³/mol. The predicted octanol–water partition coefficient (Wildman–Crippen LogP) is 1.95. The summed E-state index contributed by atoms with van der Waals surface area (Å²) in [6, 6.07) is 7.63. The van der Waals surface area contributed by atoms with Crippen molar-refractivity contribution in [2.24, 2.45) is 0 Å². The van der Waals surface area contributed by atoms with E-state index >= 15 is 0 Å². The van der Waals surface area contributed by atoms with Crippen molar-refractivity contribution >= 4 is 17.5 Å². The highest BCUT2D eigenvalue weighted by molar-refractivity contribution is 5.92. The Bertz CT molecular complexity index is 767. The first kappa shape index (κ1) is 17.0. The SMILES string of the molecule is COC(=O)c1nn(C2=CCOCC2)nc1NCc1ccc(OC)cc1. The number of nitrogens with one attached hydrogen (secondary N) is 1. The van der Waals surface area contributed by atoms with Gasteiger partial charge in [0.15, 0.2) is 5.82 Å². The van der Waals surface area contributed by atoms with Gasteiger partial charge in [-0.3, -0.25) is 0 Å². The molecule has 8 nitrogen and oxygen atoms in total. The molecule has 0 saturated carbocycles. The smallest absolute Gasteiger partial charge is 0.362 e. The number of benzene rings is 1. The number of nitrogens with zero attached hydrogens (tertiary/aromatic N) is 3. The molecule has 132 valence electrons. The van der Waals surface area contributed by atoms with Gasteiger partial charge in [-0.2, -0.15) is 4.80 Å². The van der Waals surface area contributed by atoms with Gasteiger partial charge < -0.3 is 19.5 Å². The van der Waals surface area contributed by atoms with E-state index < -0.39 is 5.97 Å². The highest BCUT2D eigenvalue weighted by Gasteiger charge is 2.21. The minimum Gasteiger partial charge on any atom is -0.497 e. The Morgan fingerprint density at radius 1 is 1.28 bits per heavy atom. The number of methoxy groups -OCH3 is 2. The lowest BCUT2D eigenvalue weighted by molar-refractivity contribution is 0.0594. The van der Waals surface area contributed by atoms with Crippen LogP contribution in [0.4, 0.5) is 5.82 Å². The maximum absolute atomic E-state index is 12.0. The molecule has 1 aromatic carbocycles. The van der Waals surface area contributed by atoms with Gasteiger partial charge in [0.05, 0.1) is 33.1 Å². The largest absolute Gasteiger partial charge is 0.497 e. The molecule has 25 heavy (non-hydrogen) atoms. The number of anilines is 1. The van der Waals surface area contributed by atoms with Crippen LogP contribution in [0.1, 0.15) is 22.5 Å². The molecule has 8 heteroatoms. The summed E-state index contributed by atoms with van der Waals surface area (Å²) in [5.74, 6) is 0.641. The van der Waals surface area contributed by atoms with Crippen molar-refractivity contribution < 1.29 is 19.0 Å². The Kier molecular flexibility index (Phi) is 5.30. The van der Waals surface area contributed by atoms with E-state index in [-0.39, 0.29) is 5.69 Å². The average molecular weight is 344 g/mol. The van der Waals surface area contributed by atoms with Crippen LogP contribution in [0.5, 0.6) is 5.75 Å². The monoisotopic (exact) mass is 344 g/mol. The van der Waals surface area contributed by atoms with Crippen molar-refractivity contribution in [3.63, 3.8) is 0 Å². The normalized spacial score (nSPS) is 13.9. The summed E-state index contributed by atoms with van der Waals surface area (Å²) in [5.41, 5.74) is 2.08. The highest BCUT2D eigenvalue weighted by Crippen LogP contribution is 2.19. The van der Waals surface area contributed by atoms with Gasteiger partial charge in [-0.15, -0.1) is 10.2 Å². The van der Waals surface area contributed by atoms with E-state index in [9.17, 15) is 4.79 Å². The molecule has 0 radical (unpaired) electrons. The summed E-state index contributed by atoms with van der Waals surface area (Å²) in [6.07, 6.45) is 2.59. The number of ether oxygens (including phenoxy) is 3. The Morgan fingerprint density at radius 2 is 2.08 bits per heavy atom. The standard InChI is InChI=1S/C17H20N4O4/c1-23-14-5-3-12(4-6-14)11-18-16-15(17(22)24-2)19-21(20-16)13-7-9-25-10-8-13/h3-7H,8-11H2,1-2H3,(H,18,20). The molecule has 0 amide bonds. The van der Waals surface area contributed by atoms with Gasteiger partial charge in [-0.05, 0) is 23.8 Å². The topological polar surface area (TPSA) is 87.5 Å². The first-order valence-electron chi connectivity index (χ1n) is 7.91. The summed E-state index contributed by atoms with van der Waals surface area (Å²) in [4.78, 5) is 13.4. The van der Waals surface area contributed by atoms with Crippen LogP contribution in [0.15, 0.2) is 30.3 Å². The van der Waals surface area contributed by atoms with Crippen molar-refractivity contribution in [3.05, 3.63) is 41.6 Å². The van der Waals surface area contributed by atoms with Crippen LogP contribution >= 0.6 is 0 Å². The first-order chi connectivity index (χ1) is 12.2. The molecule has 0 spiro atoms. The lowest BCUT2D eigenvalue weighted by atomic mass is 10.2. The molecule has 0 aliphatic carbocycles. The second kappa shape index (κ2) is 7.80. The molecule has 0 saturated heterocycles. The van der Waals surface area contributed by atoms with Crippen LogP contribution in [-0.2, 0) is 16.0 Å². The van der Waals surface area contributed by atoms with Crippen molar-refractivity contribution in [2.75, 3.05) is 32.8 Å². The molecule has 2 heterocycles. The number of hydrogen-bond acceptors (Lipinski definition) is 7. The molecule has 2 aromatic rings. The van der Waals surface area contributed by atoms with Crippen LogP contribution in [0.3, 0.4) is 0 Å². The van der Waals surface area contributed by atoms with Crippen LogP contribution in [0.25, 0.3) is 5.70 Å². The summed E-state index contributed by atoms with van der Waals surface area (Å²) in [6.45, 7) is 1.61. The Morgan fingerprint density at radius 3 is 2.72 bits per heavy atom. The van der Waals surface area contributed by atoms with E-state index in [1.54, 1.807) is 7.11 Å². The molecule has 0 unspecified atom stereocenters. The van der Waals surface area contributed by atoms with E-state index in [0.29, 0.717) is 32.0 Å². The van der Waals surface area contributed by atoms with Crippen molar-refractivity contribution in [1.29, 1.82) is 0 Å². The minimum atomic E-state index is -0.531. The van der Waals surface area contributed by atoms with Crippen molar-refractivity contribution in [2.45, 2.75) is 13.0 Å². The average Bonchev–Trinajstić information content (AvgIpc) is 3.11. The number of carbonyl (C=O) groups is 1. The second-order valence-electron chi connectivity index (χ2n) is 5.40. The van der Waals surface area contributed by atoms with E-state index in [1.165, 1.54) is 11.9 Å². The molecule has 3 rings (SSSR count). The maximum atomic E-state index is 12.0. The summed E-state index contributed by atoms with van der Waals surface area (Å²) in [7, 11) is 2.95. The van der Waals surface area contributed by atoms with Gasteiger partial charge in [-0.1, -0.05) is 12.1 Å². The molecular weight excluding hydrogens is 324 g/mol. The van der Waals surface area contributed by atoms with Gasteiger partial charge in [-0.25, -0.2) is 4.79 Å². The summed E-state index contributed by atoms with van der Waals surface area (Å²) in [5, 5.41) is 11.8. The molecular formula is C17H20N4O4. The number of carbonyl (C=O) groups excluding carboxylic acids is 1. The maximum Gasteiger partial charge on any atom is 0.362 e. The van der Waals surface area contributed by atoms with Crippen LogP contribution in [0.2, 0.25) is 0 Å². The number of esters is 1. The van der Waals surface area contributed by atoms with E-state index in [0.717, 1.165) is 17.0 Å². The lowest BCUT2D eigenvalue weighted by Crippen LogP contribution is -2.11. The molecule has 1 aliphatic rings. The summed E-state index contributed by atoms with van der Waals surface area (Å²) >= 11 is 0. The Hall–Kier alpha value is -2.87. The van der Waals surface area contributed by atoms with Crippen LogP contribution in [-0.4, -0.2) is 48.4 Å². The van der Waals surface area contributed by atoms with E-state index in [1.807, 2.05) is 30.3 Å². The minimum absolute atomic E-state index is 0.156. The molecule has 1 aliphatic heterocycles. The van der Waals surface area contributed by atoms with Gasteiger partial charge in [0, 0.05) is 13.0 Å². The third kappa shape index (κ3) is 3.97. The highest BCUT2D eigenvalue weighted by atomic mass is 16.5. The van der Waals surface area contributed by atoms with E-state index in [4.69, 9.17) is 14.2 Å². The fourth-order valence-electron chi connectivity index (χ4n) is 2.42. The number of aromatic nitrogens is 3.